The average molecular weight is 306 g/mol. The zero-order chi connectivity index (χ0) is 15.4. The zero-order valence-electron chi connectivity index (χ0n) is 11.1. The Balaban J connectivity index is 2.25. The second kappa shape index (κ2) is 6.28. The SMILES string of the molecule is COc1ccc(Cl)c(NC(=O)c2cccc(C(=O)O)c2)c1. The number of carboxylic acids is 1. The van der Waals surface area contributed by atoms with Crippen LogP contribution in [-0.2, 0) is 0 Å². The Bertz CT molecular complexity index is 700. The van der Waals surface area contributed by atoms with Gasteiger partial charge in [0.25, 0.3) is 5.91 Å². The molecule has 2 N–H and O–H groups in total. The van der Waals surface area contributed by atoms with Crippen LogP contribution in [0.5, 0.6) is 5.75 Å². The molecule has 0 aliphatic carbocycles. The number of amides is 1. The van der Waals surface area contributed by atoms with Crippen molar-refractivity contribution in [2.75, 3.05) is 12.4 Å². The van der Waals surface area contributed by atoms with E-state index in [0.717, 1.165) is 0 Å². The molecular weight excluding hydrogens is 294 g/mol. The number of hydrogen-bond acceptors (Lipinski definition) is 3. The molecule has 0 heterocycles. The van der Waals surface area contributed by atoms with Crippen LogP contribution in [-0.4, -0.2) is 24.1 Å². The van der Waals surface area contributed by atoms with Gasteiger partial charge < -0.3 is 15.2 Å². The summed E-state index contributed by atoms with van der Waals surface area (Å²) >= 11 is 6.00. The van der Waals surface area contributed by atoms with Crippen molar-refractivity contribution >= 4 is 29.2 Å². The number of hydrogen-bond donors (Lipinski definition) is 2. The molecule has 0 spiro atoms. The molecular formula is C15H12ClNO4. The number of aromatic carboxylic acids is 1. The fourth-order valence-corrected chi connectivity index (χ4v) is 1.88. The summed E-state index contributed by atoms with van der Waals surface area (Å²) in [5, 5.41) is 11.9. The van der Waals surface area contributed by atoms with E-state index in [-0.39, 0.29) is 11.1 Å². The van der Waals surface area contributed by atoms with Crippen molar-refractivity contribution in [3.05, 3.63) is 58.6 Å². The maximum Gasteiger partial charge on any atom is 0.335 e. The van der Waals surface area contributed by atoms with Crippen LogP contribution < -0.4 is 10.1 Å². The van der Waals surface area contributed by atoms with Crippen LogP contribution in [0.2, 0.25) is 5.02 Å². The molecule has 0 bridgehead atoms. The van der Waals surface area contributed by atoms with Crippen molar-refractivity contribution in [3.63, 3.8) is 0 Å². The quantitative estimate of drug-likeness (QED) is 0.908. The maximum atomic E-state index is 12.1. The average Bonchev–Trinajstić information content (AvgIpc) is 2.49. The first-order valence-corrected chi connectivity index (χ1v) is 6.37. The Morgan fingerprint density at radius 2 is 1.86 bits per heavy atom. The second-order valence-electron chi connectivity index (χ2n) is 4.19. The Morgan fingerprint density at radius 1 is 1.14 bits per heavy atom. The molecule has 1 amide bonds. The zero-order valence-corrected chi connectivity index (χ0v) is 11.8. The van der Waals surface area contributed by atoms with Gasteiger partial charge in [0.05, 0.1) is 23.4 Å². The van der Waals surface area contributed by atoms with E-state index in [1.807, 2.05) is 0 Å². The van der Waals surface area contributed by atoms with E-state index in [2.05, 4.69) is 5.32 Å². The van der Waals surface area contributed by atoms with E-state index in [0.29, 0.717) is 16.5 Å². The van der Waals surface area contributed by atoms with E-state index in [9.17, 15) is 9.59 Å². The van der Waals surface area contributed by atoms with Crippen molar-refractivity contribution in [1.29, 1.82) is 0 Å². The fraction of sp³-hybridized carbons (Fsp3) is 0.0667. The van der Waals surface area contributed by atoms with Crippen molar-refractivity contribution in [3.8, 4) is 5.75 Å². The van der Waals surface area contributed by atoms with Gasteiger partial charge in [-0.25, -0.2) is 4.79 Å². The number of halogens is 1. The molecule has 5 nitrogen and oxygen atoms in total. The van der Waals surface area contributed by atoms with Gasteiger partial charge in [-0.05, 0) is 30.3 Å². The highest BCUT2D eigenvalue weighted by Gasteiger charge is 2.12. The van der Waals surface area contributed by atoms with Crippen molar-refractivity contribution < 1.29 is 19.4 Å². The molecule has 108 valence electrons. The third-order valence-electron chi connectivity index (χ3n) is 2.79. The highest BCUT2D eigenvalue weighted by atomic mass is 35.5. The van der Waals surface area contributed by atoms with Gasteiger partial charge in [-0.2, -0.15) is 0 Å². The van der Waals surface area contributed by atoms with E-state index in [4.69, 9.17) is 21.4 Å². The molecule has 2 rings (SSSR count). The van der Waals surface area contributed by atoms with Crippen molar-refractivity contribution in [2.24, 2.45) is 0 Å². The molecule has 0 saturated heterocycles. The van der Waals surface area contributed by atoms with E-state index in [1.165, 1.54) is 31.4 Å². The molecule has 0 aliphatic rings. The van der Waals surface area contributed by atoms with Crippen LogP contribution in [0.25, 0.3) is 0 Å². The summed E-state index contributed by atoms with van der Waals surface area (Å²) < 4.78 is 5.06. The minimum Gasteiger partial charge on any atom is -0.497 e. The summed E-state index contributed by atoms with van der Waals surface area (Å²) in [4.78, 5) is 23.0. The maximum absolute atomic E-state index is 12.1. The Hall–Kier alpha value is -2.53. The van der Waals surface area contributed by atoms with Crippen LogP contribution in [0.1, 0.15) is 20.7 Å². The molecule has 0 atom stereocenters. The molecule has 0 aliphatic heterocycles. The van der Waals surface area contributed by atoms with E-state index < -0.39 is 11.9 Å². The smallest absolute Gasteiger partial charge is 0.335 e. The first-order chi connectivity index (χ1) is 10.0. The number of carbonyl (C=O) groups is 2. The number of ether oxygens (including phenoxy) is 1. The molecule has 0 fully saturated rings. The van der Waals surface area contributed by atoms with Crippen molar-refractivity contribution in [1.82, 2.24) is 0 Å². The summed E-state index contributed by atoms with van der Waals surface area (Å²) in [6.07, 6.45) is 0. The number of methoxy groups -OCH3 is 1. The summed E-state index contributed by atoms with van der Waals surface area (Å²) in [7, 11) is 1.51. The number of rotatable bonds is 4. The monoisotopic (exact) mass is 305 g/mol. The minimum absolute atomic E-state index is 0.0411. The molecule has 0 radical (unpaired) electrons. The molecule has 0 unspecified atom stereocenters. The lowest BCUT2D eigenvalue weighted by Gasteiger charge is -2.09. The predicted molar refractivity (Wildman–Crippen MR) is 79.4 cm³/mol. The fourth-order valence-electron chi connectivity index (χ4n) is 1.72. The van der Waals surface area contributed by atoms with Gasteiger partial charge in [-0.3, -0.25) is 4.79 Å². The number of nitrogens with one attached hydrogen (secondary N) is 1. The third kappa shape index (κ3) is 3.52. The topological polar surface area (TPSA) is 75.6 Å². The first-order valence-electron chi connectivity index (χ1n) is 5.99. The van der Waals surface area contributed by atoms with Gasteiger partial charge in [0.15, 0.2) is 0 Å². The van der Waals surface area contributed by atoms with Crippen molar-refractivity contribution in [2.45, 2.75) is 0 Å². The van der Waals surface area contributed by atoms with Crippen LogP contribution in [0.4, 0.5) is 5.69 Å². The number of anilines is 1. The lowest BCUT2D eigenvalue weighted by molar-refractivity contribution is 0.0697. The lowest BCUT2D eigenvalue weighted by Crippen LogP contribution is -2.13. The normalized spacial score (nSPS) is 10.0. The summed E-state index contributed by atoms with van der Waals surface area (Å²) in [5.74, 6) is -0.994. The summed E-state index contributed by atoms with van der Waals surface area (Å²) in [6.45, 7) is 0. The lowest BCUT2D eigenvalue weighted by atomic mass is 10.1. The summed E-state index contributed by atoms with van der Waals surface area (Å²) in [6, 6.07) is 10.6. The second-order valence-corrected chi connectivity index (χ2v) is 4.59. The molecule has 0 aromatic heterocycles. The van der Waals surface area contributed by atoms with Crippen LogP contribution >= 0.6 is 11.6 Å². The Kier molecular flexibility index (Phi) is 4.45. The molecule has 6 heteroatoms. The highest BCUT2D eigenvalue weighted by molar-refractivity contribution is 6.34. The Morgan fingerprint density at radius 3 is 2.52 bits per heavy atom. The van der Waals surface area contributed by atoms with Gasteiger partial charge in [0.1, 0.15) is 5.75 Å². The predicted octanol–water partition coefficient (Wildman–Crippen LogP) is 3.30. The first kappa shape index (κ1) is 14.9. The van der Waals surface area contributed by atoms with Gasteiger partial charge >= 0.3 is 5.97 Å². The van der Waals surface area contributed by atoms with E-state index in [1.54, 1.807) is 18.2 Å². The Labute approximate surface area is 126 Å². The van der Waals surface area contributed by atoms with Gasteiger partial charge in [-0.1, -0.05) is 17.7 Å². The minimum atomic E-state index is -1.09. The highest BCUT2D eigenvalue weighted by Crippen LogP contribution is 2.27. The molecule has 0 saturated carbocycles. The van der Waals surface area contributed by atoms with Gasteiger partial charge in [-0.15, -0.1) is 0 Å². The largest absolute Gasteiger partial charge is 0.497 e. The molecule has 21 heavy (non-hydrogen) atoms. The van der Waals surface area contributed by atoms with Crippen LogP contribution in [0.15, 0.2) is 42.5 Å². The van der Waals surface area contributed by atoms with Crippen LogP contribution in [0, 0.1) is 0 Å². The van der Waals surface area contributed by atoms with Gasteiger partial charge in [0.2, 0.25) is 0 Å². The third-order valence-corrected chi connectivity index (χ3v) is 3.12. The molecule has 2 aromatic rings. The molecule has 2 aromatic carbocycles. The summed E-state index contributed by atoms with van der Waals surface area (Å²) in [5.41, 5.74) is 0.662. The number of carbonyl (C=O) groups excluding carboxylic acids is 1. The standard InChI is InChI=1S/C15H12ClNO4/c1-21-11-5-6-12(16)13(8-11)17-14(18)9-3-2-4-10(7-9)15(19)20/h2-8H,1H3,(H,17,18)(H,19,20). The van der Waals surface area contributed by atoms with Gasteiger partial charge in [0, 0.05) is 11.6 Å². The van der Waals surface area contributed by atoms with E-state index >= 15 is 0 Å². The van der Waals surface area contributed by atoms with Crippen LogP contribution in [0.3, 0.4) is 0 Å². The number of carboxylic acid groups (broad SMARTS) is 1. The number of benzene rings is 2.